The Hall–Kier alpha value is -1.82. The molecule has 0 atom stereocenters. The van der Waals surface area contributed by atoms with Crippen LogP contribution in [-0.2, 0) is 6.61 Å². The van der Waals surface area contributed by atoms with Gasteiger partial charge in [0.25, 0.3) is 5.69 Å². The van der Waals surface area contributed by atoms with E-state index >= 15 is 0 Å². The van der Waals surface area contributed by atoms with Crippen LogP contribution in [0.1, 0.15) is 225 Å². The molecule has 0 unspecified atom stereocenters. The number of aliphatic hydroxyl groups excluding tert-OH is 1. The van der Waals surface area contributed by atoms with E-state index in [2.05, 4.69) is 13.8 Å². The van der Waals surface area contributed by atoms with Gasteiger partial charge < -0.3 is 14.6 Å². The van der Waals surface area contributed by atoms with E-state index in [1.165, 1.54) is 186 Å². The van der Waals surface area contributed by atoms with Gasteiger partial charge in [0.2, 0.25) is 0 Å². The number of ether oxygens (including phenoxy) is 2. The van der Waals surface area contributed by atoms with Crippen molar-refractivity contribution < 1.29 is 19.5 Å². The Morgan fingerprint density at radius 2 is 0.735 bits per heavy atom. The Labute approximate surface area is 303 Å². The van der Waals surface area contributed by atoms with Gasteiger partial charge in [0.15, 0.2) is 11.5 Å². The van der Waals surface area contributed by atoms with Gasteiger partial charge in [0.05, 0.1) is 36.4 Å². The molecule has 1 aromatic carbocycles. The summed E-state index contributed by atoms with van der Waals surface area (Å²) in [5.41, 5.74) is 0.154. The first kappa shape index (κ1) is 45.2. The summed E-state index contributed by atoms with van der Waals surface area (Å²) in [5.74, 6) is 0.924. The molecule has 0 spiro atoms. The zero-order valence-electron chi connectivity index (χ0n) is 32.4. The molecule has 1 aromatic rings. The van der Waals surface area contributed by atoms with Gasteiger partial charge >= 0.3 is 0 Å². The van der Waals surface area contributed by atoms with E-state index < -0.39 is 11.5 Å². The van der Waals surface area contributed by atoms with Crippen molar-refractivity contribution in [1.29, 1.82) is 0 Å². The van der Waals surface area contributed by atoms with Gasteiger partial charge in [-0.25, -0.2) is 0 Å². The second kappa shape index (κ2) is 34.6. The van der Waals surface area contributed by atoms with Crippen molar-refractivity contribution in [1.82, 2.24) is 0 Å². The summed E-state index contributed by atoms with van der Waals surface area (Å²) in [5, 5.41) is 21.3. The molecule has 0 aliphatic rings. The average Bonchev–Trinajstić information content (AvgIpc) is 3.10. The molecule has 286 valence electrons. The number of hydrogen-bond donors (Lipinski definition) is 1. The van der Waals surface area contributed by atoms with Gasteiger partial charge in [-0.3, -0.25) is 10.1 Å². The third kappa shape index (κ3) is 26.6. The van der Waals surface area contributed by atoms with Crippen LogP contribution < -0.4 is 9.47 Å². The first-order valence-corrected chi connectivity index (χ1v) is 21.3. The molecule has 0 bridgehead atoms. The van der Waals surface area contributed by atoms with Crippen molar-refractivity contribution in [3.05, 3.63) is 27.8 Å². The quantitative estimate of drug-likeness (QED) is 0.0424. The number of aliphatic hydroxyl groups is 1. The molecule has 0 heterocycles. The molecule has 6 heteroatoms. The molecule has 49 heavy (non-hydrogen) atoms. The molecular formula is C43H79NO5. The third-order valence-electron chi connectivity index (χ3n) is 10.0. The largest absolute Gasteiger partial charge is 0.490 e. The summed E-state index contributed by atoms with van der Waals surface area (Å²) >= 11 is 0. The maximum atomic E-state index is 11.6. The molecule has 1 rings (SSSR count). The maximum absolute atomic E-state index is 11.6. The minimum atomic E-state index is -0.452. The highest BCUT2D eigenvalue weighted by molar-refractivity contribution is 5.54. The molecule has 0 amide bonds. The number of benzene rings is 1. The molecule has 0 fully saturated rings. The van der Waals surface area contributed by atoms with E-state index in [9.17, 15) is 15.2 Å². The first-order chi connectivity index (χ1) is 24.1. The van der Waals surface area contributed by atoms with Gasteiger partial charge in [0, 0.05) is 0 Å². The fourth-order valence-electron chi connectivity index (χ4n) is 6.78. The minimum absolute atomic E-state index is 0.112. The predicted octanol–water partition coefficient (Wildman–Crippen LogP) is 14.4. The molecule has 6 nitrogen and oxygen atoms in total. The molecule has 0 aliphatic heterocycles. The molecule has 0 aliphatic carbocycles. The van der Waals surface area contributed by atoms with Crippen LogP contribution in [0.15, 0.2) is 12.1 Å². The lowest BCUT2D eigenvalue weighted by Gasteiger charge is -2.14. The Morgan fingerprint density at radius 3 is 1.00 bits per heavy atom. The van der Waals surface area contributed by atoms with Crippen LogP contribution in [0, 0.1) is 10.1 Å². The van der Waals surface area contributed by atoms with Crippen molar-refractivity contribution in [2.24, 2.45) is 0 Å². The molecule has 0 radical (unpaired) electrons. The highest BCUT2D eigenvalue weighted by Crippen LogP contribution is 2.35. The van der Waals surface area contributed by atoms with E-state index in [0.29, 0.717) is 24.7 Å². The number of nitro groups is 1. The monoisotopic (exact) mass is 690 g/mol. The third-order valence-corrected chi connectivity index (χ3v) is 10.0. The predicted molar refractivity (Wildman–Crippen MR) is 209 cm³/mol. The Morgan fingerprint density at radius 1 is 0.469 bits per heavy atom. The van der Waals surface area contributed by atoms with Crippen LogP contribution in [0.2, 0.25) is 0 Å². The summed E-state index contributed by atoms with van der Waals surface area (Å²) in [7, 11) is 0. The Bertz CT molecular complexity index is 876. The standard InChI is InChI=1S/C43H79NO5/c1-3-5-7-9-11-13-15-17-19-21-23-25-27-29-31-33-35-48-42-37-40(39-45)41(44(46)47)38-43(42)49-36-34-32-30-28-26-24-22-20-18-16-14-12-10-8-6-4-2/h37-38,45H,3-36,39H2,1-2H3. The molecule has 0 saturated carbocycles. The fraction of sp³-hybridized carbons (Fsp3) is 0.860. The van der Waals surface area contributed by atoms with Crippen molar-refractivity contribution in [3.8, 4) is 11.5 Å². The number of nitrogens with zero attached hydrogens (tertiary/aromatic N) is 1. The molecule has 0 saturated heterocycles. The maximum Gasteiger partial charge on any atom is 0.278 e. The van der Waals surface area contributed by atoms with E-state index in [-0.39, 0.29) is 11.3 Å². The van der Waals surface area contributed by atoms with Gasteiger partial charge in [-0.2, -0.15) is 0 Å². The van der Waals surface area contributed by atoms with Crippen molar-refractivity contribution in [2.45, 2.75) is 226 Å². The second-order valence-corrected chi connectivity index (χ2v) is 14.6. The smallest absolute Gasteiger partial charge is 0.278 e. The van der Waals surface area contributed by atoms with E-state index in [1.54, 1.807) is 6.07 Å². The van der Waals surface area contributed by atoms with Crippen molar-refractivity contribution in [3.63, 3.8) is 0 Å². The topological polar surface area (TPSA) is 81.8 Å². The van der Waals surface area contributed by atoms with E-state index in [0.717, 1.165) is 25.7 Å². The summed E-state index contributed by atoms with van der Waals surface area (Å²) in [6.07, 6.45) is 42.3. The summed E-state index contributed by atoms with van der Waals surface area (Å²) in [6, 6.07) is 3.02. The average molecular weight is 690 g/mol. The van der Waals surface area contributed by atoms with Crippen LogP contribution in [0.5, 0.6) is 11.5 Å². The van der Waals surface area contributed by atoms with Crippen LogP contribution in [0.25, 0.3) is 0 Å². The molecular weight excluding hydrogens is 610 g/mol. The number of rotatable bonds is 38. The number of hydrogen-bond acceptors (Lipinski definition) is 5. The summed E-state index contributed by atoms with van der Waals surface area (Å²) in [6.45, 7) is 5.23. The van der Waals surface area contributed by atoms with E-state index in [1.807, 2.05) is 0 Å². The normalized spacial score (nSPS) is 11.3. The van der Waals surface area contributed by atoms with Crippen LogP contribution in [0.4, 0.5) is 5.69 Å². The van der Waals surface area contributed by atoms with Crippen molar-refractivity contribution in [2.75, 3.05) is 13.2 Å². The lowest BCUT2D eigenvalue weighted by atomic mass is 10.0. The van der Waals surface area contributed by atoms with Crippen LogP contribution in [-0.4, -0.2) is 23.2 Å². The summed E-state index contributed by atoms with van der Waals surface area (Å²) in [4.78, 5) is 11.1. The van der Waals surface area contributed by atoms with Gasteiger partial charge in [-0.15, -0.1) is 0 Å². The highest BCUT2D eigenvalue weighted by atomic mass is 16.6. The zero-order valence-corrected chi connectivity index (χ0v) is 32.4. The van der Waals surface area contributed by atoms with Crippen LogP contribution >= 0.6 is 0 Å². The summed E-state index contributed by atoms with van der Waals surface area (Å²) < 4.78 is 12.1. The molecule has 0 aromatic heterocycles. The number of nitro benzene ring substituents is 1. The van der Waals surface area contributed by atoms with Gasteiger partial charge in [-0.1, -0.05) is 206 Å². The zero-order chi connectivity index (χ0) is 35.5. The first-order valence-electron chi connectivity index (χ1n) is 21.3. The fourth-order valence-corrected chi connectivity index (χ4v) is 6.78. The molecule has 1 N–H and O–H groups in total. The number of unbranched alkanes of at least 4 members (excludes halogenated alkanes) is 30. The second-order valence-electron chi connectivity index (χ2n) is 14.6. The van der Waals surface area contributed by atoms with Crippen LogP contribution in [0.3, 0.4) is 0 Å². The lowest BCUT2D eigenvalue weighted by molar-refractivity contribution is -0.385. The SMILES string of the molecule is CCCCCCCCCCCCCCCCCCOc1cc(CO)c([N+](=O)[O-])cc1OCCCCCCCCCCCCCCCCCC. The Balaban J connectivity index is 2.16. The van der Waals surface area contributed by atoms with Gasteiger partial charge in [-0.05, 0) is 18.9 Å². The minimum Gasteiger partial charge on any atom is -0.490 e. The highest BCUT2D eigenvalue weighted by Gasteiger charge is 2.19. The Kier molecular flexibility index (Phi) is 31.9. The van der Waals surface area contributed by atoms with Gasteiger partial charge in [0.1, 0.15) is 0 Å². The van der Waals surface area contributed by atoms with Crippen molar-refractivity contribution >= 4 is 5.69 Å². The van der Waals surface area contributed by atoms with E-state index in [4.69, 9.17) is 9.47 Å². The lowest BCUT2D eigenvalue weighted by Crippen LogP contribution is -2.05.